The van der Waals surface area contributed by atoms with Crippen LogP contribution in [0.4, 0.5) is 0 Å². The summed E-state index contributed by atoms with van der Waals surface area (Å²) in [6.07, 6.45) is 6.97. The van der Waals surface area contributed by atoms with Gasteiger partial charge in [0.05, 0.1) is 0 Å². The molecule has 0 heterocycles. The van der Waals surface area contributed by atoms with Gasteiger partial charge in [-0.2, -0.15) is 0 Å². The molecule has 1 saturated carbocycles. The Morgan fingerprint density at radius 1 is 1.25 bits per heavy atom. The number of aryl methyl sites for hydroxylation is 1. The highest BCUT2D eigenvalue weighted by Gasteiger charge is 2.22. The van der Waals surface area contributed by atoms with Crippen molar-refractivity contribution in [3.8, 4) is 5.75 Å². The average molecular weight is 275 g/mol. The first-order chi connectivity index (χ1) is 9.72. The van der Waals surface area contributed by atoms with Crippen molar-refractivity contribution in [2.75, 3.05) is 13.7 Å². The van der Waals surface area contributed by atoms with Gasteiger partial charge in [-0.15, -0.1) is 0 Å². The van der Waals surface area contributed by atoms with E-state index in [0.717, 1.165) is 30.6 Å². The Morgan fingerprint density at radius 3 is 2.65 bits per heavy atom. The van der Waals surface area contributed by atoms with Crippen LogP contribution >= 0.6 is 0 Å². The summed E-state index contributed by atoms with van der Waals surface area (Å²) in [4.78, 5) is 14.1. The first-order valence-corrected chi connectivity index (χ1v) is 7.68. The van der Waals surface area contributed by atoms with Gasteiger partial charge in [0.15, 0.2) is 6.61 Å². The van der Waals surface area contributed by atoms with Crippen LogP contribution in [-0.2, 0) is 11.2 Å². The van der Waals surface area contributed by atoms with E-state index < -0.39 is 0 Å². The smallest absolute Gasteiger partial charge is 0.260 e. The standard InChI is InChI=1S/C17H25NO2/c1-3-14-9-7-8-12-16(14)20-13-17(19)18(2)15-10-5-4-6-11-15/h7-9,12,15H,3-6,10-11,13H2,1-2H3. The van der Waals surface area contributed by atoms with E-state index in [0.29, 0.717) is 6.04 Å². The molecule has 1 amide bonds. The van der Waals surface area contributed by atoms with E-state index >= 15 is 0 Å². The molecule has 1 aliphatic carbocycles. The summed E-state index contributed by atoms with van der Waals surface area (Å²) in [6, 6.07) is 8.34. The van der Waals surface area contributed by atoms with E-state index in [9.17, 15) is 4.79 Å². The Hall–Kier alpha value is -1.51. The summed E-state index contributed by atoms with van der Waals surface area (Å²) in [6.45, 7) is 2.24. The third-order valence-electron chi connectivity index (χ3n) is 4.22. The lowest BCUT2D eigenvalue weighted by atomic mass is 9.94. The molecule has 0 atom stereocenters. The predicted octanol–water partition coefficient (Wildman–Crippen LogP) is 3.42. The average Bonchev–Trinajstić information content (AvgIpc) is 2.53. The van der Waals surface area contributed by atoms with E-state index in [4.69, 9.17) is 4.74 Å². The van der Waals surface area contributed by atoms with Crippen LogP contribution in [0.5, 0.6) is 5.75 Å². The second-order valence-electron chi connectivity index (χ2n) is 5.55. The largest absolute Gasteiger partial charge is 0.483 e. The molecule has 3 heteroatoms. The van der Waals surface area contributed by atoms with Crippen molar-refractivity contribution in [3.63, 3.8) is 0 Å². The third kappa shape index (κ3) is 3.75. The molecule has 1 aliphatic rings. The van der Waals surface area contributed by atoms with Gasteiger partial charge >= 0.3 is 0 Å². The lowest BCUT2D eigenvalue weighted by Gasteiger charge is -2.31. The molecule has 1 aromatic carbocycles. The van der Waals surface area contributed by atoms with Gasteiger partial charge in [-0.05, 0) is 30.9 Å². The normalized spacial score (nSPS) is 15.9. The van der Waals surface area contributed by atoms with Crippen molar-refractivity contribution >= 4 is 5.91 Å². The van der Waals surface area contributed by atoms with E-state index in [1.54, 1.807) is 0 Å². The Labute approximate surface area is 121 Å². The van der Waals surface area contributed by atoms with E-state index in [2.05, 4.69) is 6.92 Å². The number of para-hydroxylation sites is 1. The first-order valence-electron chi connectivity index (χ1n) is 7.68. The van der Waals surface area contributed by atoms with Crippen LogP contribution < -0.4 is 4.74 Å². The van der Waals surface area contributed by atoms with Crippen LogP contribution in [-0.4, -0.2) is 30.5 Å². The molecule has 0 aromatic heterocycles. The number of nitrogens with zero attached hydrogens (tertiary/aromatic N) is 1. The van der Waals surface area contributed by atoms with Crippen molar-refractivity contribution in [1.82, 2.24) is 4.90 Å². The second-order valence-corrected chi connectivity index (χ2v) is 5.55. The Balaban J connectivity index is 1.87. The topological polar surface area (TPSA) is 29.5 Å². The quantitative estimate of drug-likeness (QED) is 0.824. The summed E-state index contributed by atoms with van der Waals surface area (Å²) in [5, 5.41) is 0. The molecular formula is C17H25NO2. The van der Waals surface area contributed by atoms with Crippen molar-refractivity contribution in [1.29, 1.82) is 0 Å². The van der Waals surface area contributed by atoms with Gasteiger partial charge in [-0.1, -0.05) is 44.4 Å². The van der Waals surface area contributed by atoms with E-state index in [1.807, 2.05) is 36.2 Å². The molecule has 2 rings (SSSR count). The number of likely N-dealkylation sites (N-methyl/N-ethyl adjacent to an activating group) is 1. The van der Waals surface area contributed by atoms with Gasteiger partial charge in [0, 0.05) is 13.1 Å². The molecular weight excluding hydrogens is 250 g/mol. The zero-order valence-corrected chi connectivity index (χ0v) is 12.6. The third-order valence-corrected chi connectivity index (χ3v) is 4.22. The fourth-order valence-corrected chi connectivity index (χ4v) is 2.85. The van der Waals surface area contributed by atoms with E-state index in [-0.39, 0.29) is 12.5 Å². The number of carbonyl (C=O) groups is 1. The van der Waals surface area contributed by atoms with Crippen LogP contribution in [0.1, 0.15) is 44.6 Å². The number of hydrogen-bond acceptors (Lipinski definition) is 2. The highest BCUT2D eigenvalue weighted by atomic mass is 16.5. The molecule has 110 valence electrons. The van der Waals surface area contributed by atoms with Crippen LogP contribution in [0.3, 0.4) is 0 Å². The number of rotatable bonds is 5. The Kier molecular flexibility index (Phi) is 5.45. The molecule has 1 aromatic rings. The summed E-state index contributed by atoms with van der Waals surface area (Å²) < 4.78 is 5.71. The highest BCUT2D eigenvalue weighted by molar-refractivity contribution is 5.77. The summed E-state index contributed by atoms with van der Waals surface area (Å²) in [5.41, 5.74) is 1.15. The Morgan fingerprint density at radius 2 is 1.95 bits per heavy atom. The van der Waals surface area contributed by atoms with E-state index in [1.165, 1.54) is 19.3 Å². The zero-order valence-electron chi connectivity index (χ0n) is 12.6. The molecule has 0 radical (unpaired) electrons. The fraction of sp³-hybridized carbons (Fsp3) is 0.588. The molecule has 0 unspecified atom stereocenters. The minimum Gasteiger partial charge on any atom is -0.483 e. The lowest BCUT2D eigenvalue weighted by Crippen LogP contribution is -2.40. The SMILES string of the molecule is CCc1ccccc1OCC(=O)N(C)C1CCCCC1. The molecule has 0 saturated heterocycles. The lowest BCUT2D eigenvalue weighted by molar-refractivity contribution is -0.134. The number of carbonyl (C=O) groups excluding carboxylic acids is 1. The van der Waals surface area contributed by atoms with Crippen LogP contribution in [0.25, 0.3) is 0 Å². The minimum absolute atomic E-state index is 0.0859. The van der Waals surface area contributed by atoms with Gasteiger partial charge in [0.1, 0.15) is 5.75 Å². The predicted molar refractivity (Wildman–Crippen MR) is 81.0 cm³/mol. The summed E-state index contributed by atoms with van der Waals surface area (Å²) in [5.74, 6) is 0.920. The van der Waals surface area contributed by atoms with Gasteiger partial charge in [0.2, 0.25) is 0 Å². The van der Waals surface area contributed by atoms with Crippen molar-refractivity contribution in [2.24, 2.45) is 0 Å². The minimum atomic E-state index is 0.0859. The zero-order chi connectivity index (χ0) is 14.4. The molecule has 0 N–H and O–H groups in total. The van der Waals surface area contributed by atoms with Gasteiger partial charge in [-0.25, -0.2) is 0 Å². The molecule has 0 bridgehead atoms. The first kappa shape index (κ1) is 14.9. The van der Waals surface area contributed by atoms with Gasteiger partial charge in [-0.3, -0.25) is 4.79 Å². The summed E-state index contributed by atoms with van der Waals surface area (Å²) in [7, 11) is 1.91. The monoisotopic (exact) mass is 275 g/mol. The van der Waals surface area contributed by atoms with Gasteiger partial charge < -0.3 is 9.64 Å². The molecule has 20 heavy (non-hydrogen) atoms. The van der Waals surface area contributed by atoms with Crippen LogP contribution in [0, 0.1) is 0 Å². The molecule has 0 spiro atoms. The molecule has 0 aliphatic heterocycles. The van der Waals surface area contributed by atoms with Crippen molar-refractivity contribution in [3.05, 3.63) is 29.8 Å². The van der Waals surface area contributed by atoms with Crippen LogP contribution in [0.2, 0.25) is 0 Å². The maximum Gasteiger partial charge on any atom is 0.260 e. The molecule has 1 fully saturated rings. The Bertz CT molecular complexity index is 438. The maximum atomic E-state index is 12.2. The second kappa shape index (κ2) is 7.32. The number of amides is 1. The van der Waals surface area contributed by atoms with Gasteiger partial charge in [0.25, 0.3) is 5.91 Å². The summed E-state index contributed by atoms with van der Waals surface area (Å²) >= 11 is 0. The fourth-order valence-electron chi connectivity index (χ4n) is 2.85. The number of hydrogen-bond donors (Lipinski definition) is 0. The van der Waals surface area contributed by atoms with Crippen LogP contribution in [0.15, 0.2) is 24.3 Å². The maximum absolute atomic E-state index is 12.2. The van der Waals surface area contributed by atoms with Crippen molar-refractivity contribution < 1.29 is 9.53 Å². The number of ether oxygens (including phenoxy) is 1. The molecule has 3 nitrogen and oxygen atoms in total. The van der Waals surface area contributed by atoms with Crippen molar-refractivity contribution in [2.45, 2.75) is 51.5 Å². The highest BCUT2D eigenvalue weighted by Crippen LogP contribution is 2.22. The number of benzene rings is 1.